The minimum atomic E-state index is 0.397. The van der Waals surface area contributed by atoms with Gasteiger partial charge in [-0.2, -0.15) is 0 Å². The van der Waals surface area contributed by atoms with Crippen LogP contribution in [0, 0.1) is 6.92 Å². The molecule has 0 atom stereocenters. The summed E-state index contributed by atoms with van der Waals surface area (Å²) in [6, 6.07) is 10.2. The molecule has 1 aromatic heterocycles. The van der Waals surface area contributed by atoms with Crippen LogP contribution in [0.1, 0.15) is 29.9 Å². The molecule has 1 saturated carbocycles. The first-order valence-corrected chi connectivity index (χ1v) is 7.29. The van der Waals surface area contributed by atoms with Crippen LogP contribution in [-0.4, -0.2) is 6.04 Å². The summed E-state index contributed by atoms with van der Waals surface area (Å²) < 4.78 is 11.5. The molecule has 3 rings (SSSR count). The maximum absolute atomic E-state index is 6.05. The lowest BCUT2D eigenvalue weighted by atomic mass is 10.2. The first-order valence-electron chi connectivity index (χ1n) is 6.91. The van der Waals surface area contributed by atoms with Crippen LogP contribution in [0.4, 0.5) is 0 Å². The molecule has 0 bridgehead atoms. The Morgan fingerprint density at radius 3 is 2.90 bits per heavy atom. The van der Waals surface area contributed by atoms with Crippen molar-refractivity contribution in [3.05, 3.63) is 52.4 Å². The molecule has 1 fully saturated rings. The van der Waals surface area contributed by atoms with Crippen LogP contribution in [0.2, 0.25) is 5.02 Å². The van der Waals surface area contributed by atoms with E-state index >= 15 is 0 Å². The number of hydrogen-bond donors (Lipinski definition) is 1. The zero-order valence-electron chi connectivity index (χ0n) is 11.5. The molecule has 20 heavy (non-hydrogen) atoms. The molecule has 1 aromatic carbocycles. The van der Waals surface area contributed by atoms with Crippen LogP contribution < -0.4 is 10.1 Å². The zero-order valence-corrected chi connectivity index (χ0v) is 12.2. The molecule has 106 valence electrons. The van der Waals surface area contributed by atoms with Gasteiger partial charge in [0.2, 0.25) is 0 Å². The zero-order chi connectivity index (χ0) is 13.9. The minimum absolute atomic E-state index is 0.397. The average molecular weight is 292 g/mol. The second-order valence-electron chi connectivity index (χ2n) is 5.19. The van der Waals surface area contributed by atoms with Gasteiger partial charge in [-0.15, -0.1) is 0 Å². The first kappa shape index (κ1) is 13.5. The summed E-state index contributed by atoms with van der Waals surface area (Å²) in [6.07, 6.45) is 2.56. The molecular formula is C16H18ClNO2. The van der Waals surface area contributed by atoms with Crippen molar-refractivity contribution in [3.63, 3.8) is 0 Å². The summed E-state index contributed by atoms with van der Waals surface area (Å²) in [6.45, 7) is 3.25. The SMILES string of the molecule is Cc1cc(COc2ccccc2Cl)oc1CNC1CC1. The van der Waals surface area contributed by atoms with E-state index in [-0.39, 0.29) is 0 Å². The van der Waals surface area contributed by atoms with Gasteiger partial charge in [0.15, 0.2) is 0 Å². The van der Waals surface area contributed by atoms with Crippen LogP contribution in [0.25, 0.3) is 0 Å². The predicted octanol–water partition coefficient (Wildman–Crippen LogP) is 4.07. The highest BCUT2D eigenvalue weighted by atomic mass is 35.5. The fourth-order valence-corrected chi connectivity index (χ4v) is 2.26. The molecule has 0 unspecified atom stereocenters. The van der Waals surface area contributed by atoms with E-state index in [1.807, 2.05) is 30.3 Å². The van der Waals surface area contributed by atoms with E-state index < -0.39 is 0 Å². The van der Waals surface area contributed by atoms with Gasteiger partial charge in [-0.1, -0.05) is 23.7 Å². The molecule has 0 spiro atoms. The Morgan fingerprint density at radius 2 is 2.15 bits per heavy atom. The number of furan rings is 1. The van der Waals surface area contributed by atoms with Gasteiger partial charge in [-0.05, 0) is 43.5 Å². The quantitative estimate of drug-likeness (QED) is 0.871. The van der Waals surface area contributed by atoms with Crippen LogP contribution in [0.15, 0.2) is 34.7 Å². The van der Waals surface area contributed by atoms with E-state index in [1.54, 1.807) is 0 Å². The molecule has 0 radical (unpaired) electrons. The first-order chi connectivity index (χ1) is 9.72. The third kappa shape index (κ3) is 3.35. The molecule has 1 aliphatic carbocycles. The number of nitrogens with one attached hydrogen (secondary N) is 1. The Bertz CT molecular complexity index is 590. The van der Waals surface area contributed by atoms with E-state index in [2.05, 4.69) is 12.2 Å². The summed E-state index contributed by atoms with van der Waals surface area (Å²) in [5.41, 5.74) is 1.16. The lowest BCUT2D eigenvalue weighted by Crippen LogP contribution is -2.15. The van der Waals surface area contributed by atoms with Gasteiger partial charge in [0, 0.05) is 6.04 Å². The second-order valence-corrected chi connectivity index (χ2v) is 5.60. The number of hydrogen-bond acceptors (Lipinski definition) is 3. The summed E-state index contributed by atoms with van der Waals surface area (Å²) in [4.78, 5) is 0. The van der Waals surface area contributed by atoms with Crippen molar-refractivity contribution >= 4 is 11.6 Å². The molecule has 0 amide bonds. The third-order valence-electron chi connectivity index (χ3n) is 3.41. The van der Waals surface area contributed by atoms with Crippen LogP contribution >= 0.6 is 11.6 Å². The fraction of sp³-hybridized carbons (Fsp3) is 0.375. The van der Waals surface area contributed by atoms with Crippen molar-refractivity contribution in [1.29, 1.82) is 0 Å². The highest BCUT2D eigenvalue weighted by Crippen LogP contribution is 2.25. The molecule has 1 heterocycles. The molecule has 2 aromatic rings. The maximum atomic E-state index is 6.05. The lowest BCUT2D eigenvalue weighted by Gasteiger charge is -2.05. The van der Waals surface area contributed by atoms with Gasteiger partial charge < -0.3 is 14.5 Å². The number of aryl methyl sites for hydroxylation is 1. The largest absolute Gasteiger partial charge is 0.484 e. The molecule has 1 N–H and O–H groups in total. The fourth-order valence-electron chi connectivity index (χ4n) is 2.07. The van der Waals surface area contributed by atoms with Crippen molar-refractivity contribution < 1.29 is 9.15 Å². The summed E-state index contributed by atoms with van der Waals surface area (Å²) in [5.74, 6) is 2.51. The normalized spacial score (nSPS) is 14.5. The van der Waals surface area contributed by atoms with E-state index in [9.17, 15) is 0 Å². The topological polar surface area (TPSA) is 34.4 Å². The maximum Gasteiger partial charge on any atom is 0.146 e. The van der Waals surface area contributed by atoms with Gasteiger partial charge in [-0.25, -0.2) is 0 Å². The summed E-state index contributed by atoms with van der Waals surface area (Å²) >= 11 is 6.05. The van der Waals surface area contributed by atoms with Crippen molar-refractivity contribution in [3.8, 4) is 5.75 Å². The Labute approximate surface area is 123 Å². The number of benzene rings is 1. The molecule has 4 heteroatoms. The Morgan fingerprint density at radius 1 is 1.35 bits per heavy atom. The monoisotopic (exact) mass is 291 g/mol. The predicted molar refractivity (Wildman–Crippen MR) is 79.1 cm³/mol. The number of rotatable bonds is 6. The summed E-state index contributed by atoms with van der Waals surface area (Å²) in [7, 11) is 0. The molecule has 0 aliphatic heterocycles. The van der Waals surface area contributed by atoms with Crippen molar-refractivity contribution in [1.82, 2.24) is 5.32 Å². The van der Waals surface area contributed by atoms with Crippen molar-refractivity contribution in [2.75, 3.05) is 0 Å². The van der Waals surface area contributed by atoms with Gasteiger partial charge in [0.25, 0.3) is 0 Å². The molecular weight excluding hydrogens is 274 g/mol. The van der Waals surface area contributed by atoms with Gasteiger partial charge in [0.1, 0.15) is 23.9 Å². The van der Waals surface area contributed by atoms with Crippen LogP contribution in [-0.2, 0) is 13.2 Å². The van der Waals surface area contributed by atoms with Crippen LogP contribution in [0.3, 0.4) is 0 Å². The molecule has 3 nitrogen and oxygen atoms in total. The number of para-hydroxylation sites is 1. The van der Waals surface area contributed by atoms with Gasteiger partial charge >= 0.3 is 0 Å². The van der Waals surface area contributed by atoms with Crippen LogP contribution in [0.5, 0.6) is 5.75 Å². The van der Waals surface area contributed by atoms with Crippen molar-refractivity contribution in [2.45, 2.75) is 39.0 Å². The van der Waals surface area contributed by atoms with E-state index in [0.717, 1.165) is 23.6 Å². The Balaban J connectivity index is 1.59. The highest BCUT2D eigenvalue weighted by molar-refractivity contribution is 6.32. The highest BCUT2D eigenvalue weighted by Gasteiger charge is 2.21. The Kier molecular flexibility index (Phi) is 3.99. The minimum Gasteiger partial charge on any atom is -0.484 e. The molecule has 0 saturated heterocycles. The average Bonchev–Trinajstić information content (AvgIpc) is 3.20. The second kappa shape index (κ2) is 5.90. The summed E-state index contributed by atoms with van der Waals surface area (Å²) in [5, 5.41) is 4.07. The Hall–Kier alpha value is -1.45. The van der Waals surface area contributed by atoms with Gasteiger partial charge in [-0.3, -0.25) is 0 Å². The third-order valence-corrected chi connectivity index (χ3v) is 3.72. The van der Waals surface area contributed by atoms with E-state index in [4.69, 9.17) is 20.8 Å². The number of halogens is 1. The smallest absolute Gasteiger partial charge is 0.146 e. The number of ether oxygens (including phenoxy) is 1. The van der Waals surface area contributed by atoms with Gasteiger partial charge in [0.05, 0.1) is 11.6 Å². The van der Waals surface area contributed by atoms with Crippen molar-refractivity contribution in [2.24, 2.45) is 0 Å². The van der Waals surface area contributed by atoms with E-state index in [1.165, 1.54) is 12.8 Å². The standard InChI is InChI=1S/C16H18ClNO2/c1-11-8-13(20-16(11)9-18-12-6-7-12)10-19-15-5-3-2-4-14(15)17/h2-5,8,12,18H,6-7,9-10H2,1H3. The van der Waals surface area contributed by atoms with E-state index in [0.29, 0.717) is 23.4 Å². The lowest BCUT2D eigenvalue weighted by molar-refractivity contribution is 0.265. The molecule has 1 aliphatic rings.